The van der Waals surface area contributed by atoms with Crippen molar-refractivity contribution in [1.82, 2.24) is 15.0 Å². The number of aryl methyl sites for hydroxylation is 2. The van der Waals surface area contributed by atoms with Gasteiger partial charge in [-0.3, -0.25) is 9.59 Å². The molecule has 0 spiro atoms. The summed E-state index contributed by atoms with van der Waals surface area (Å²) in [5.41, 5.74) is 1.56. The minimum Gasteiger partial charge on any atom is -0.339 e. The van der Waals surface area contributed by atoms with Gasteiger partial charge in [0.25, 0.3) is 0 Å². The minimum atomic E-state index is -0.619. The van der Waals surface area contributed by atoms with E-state index in [1.807, 2.05) is 25.1 Å². The van der Waals surface area contributed by atoms with Crippen LogP contribution in [-0.4, -0.2) is 39.9 Å². The van der Waals surface area contributed by atoms with Gasteiger partial charge in [-0.05, 0) is 38.3 Å². The maximum absolute atomic E-state index is 12.4. The van der Waals surface area contributed by atoms with E-state index in [2.05, 4.69) is 15.5 Å². The fourth-order valence-corrected chi connectivity index (χ4v) is 2.87. The predicted molar refractivity (Wildman–Crippen MR) is 87.4 cm³/mol. The zero-order valence-electron chi connectivity index (χ0n) is 13.8. The molecule has 1 aliphatic rings. The van der Waals surface area contributed by atoms with E-state index in [1.54, 1.807) is 17.9 Å². The van der Waals surface area contributed by atoms with Crippen molar-refractivity contribution in [2.45, 2.75) is 32.6 Å². The van der Waals surface area contributed by atoms with Crippen LogP contribution in [0.5, 0.6) is 0 Å². The first-order valence-corrected chi connectivity index (χ1v) is 8.00. The topological polar surface area (TPSA) is 88.3 Å². The summed E-state index contributed by atoms with van der Waals surface area (Å²) in [6, 6.07) is 7.37. The van der Waals surface area contributed by atoms with Gasteiger partial charge < -0.3 is 14.7 Å². The normalized spacial score (nSPS) is 17.6. The number of rotatable bonds is 2. The molecule has 3 rings (SSSR count). The highest BCUT2D eigenvalue weighted by atomic mass is 16.5. The number of para-hydroxylation sites is 1. The van der Waals surface area contributed by atoms with Crippen LogP contribution in [-0.2, 0) is 9.59 Å². The molecule has 0 saturated carbocycles. The molecule has 126 valence electrons. The molecule has 2 heterocycles. The molecule has 1 atom stereocenters. The highest BCUT2D eigenvalue weighted by Gasteiger charge is 2.31. The Bertz CT molecular complexity index is 756. The van der Waals surface area contributed by atoms with Gasteiger partial charge in [0, 0.05) is 18.8 Å². The zero-order chi connectivity index (χ0) is 17.1. The molecule has 1 saturated heterocycles. The standard InChI is InChI=1S/C17H20N4O3/c1-11-6-3-4-8-14(11)19-15(22)17(23)21-9-5-7-13(10-21)16-18-12(2)20-24-16/h3-4,6,8,13H,5,7,9-10H2,1-2H3,(H,19,22)/t13-/m1/s1. The number of amides is 2. The molecule has 1 aromatic heterocycles. The quantitative estimate of drug-likeness (QED) is 0.852. The molecule has 7 nitrogen and oxygen atoms in total. The van der Waals surface area contributed by atoms with E-state index in [-0.39, 0.29) is 5.92 Å². The third kappa shape index (κ3) is 3.45. The van der Waals surface area contributed by atoms with Crippen molar-refractivity contribution < 1.29 is 14.1 Å². The number of piperidine rings is 1. The first kappa shape index (κ1) is 16.2. The second-order valence-electron chi connectivity index (χ2n) is 6.04. The summed E-state index contributed by atoms with van der Waals surface area (Å²) >= 11 is 0. The summed E-state index contributed by atoms with van der Waals surface area (Å²) in [7, 11) is 0. The molecular formula is C17H20N4O3. The highest BCUT2D eigenvalue weighted by Crippen LogP contribution is 2.26. The number of aromatic nitrogens is 2. The molecule has 1 aromatic carbocycles. The van der Waals surface area contributed by atoms with E-state index >= 15 is 0 Å². The first-order valence-electron chi connectivity index (χ1n) is 8.00. The molecule has 2 aromatic rings. The molecule has 1 aliphatic heterocycles. The second-order valence-corrected chi connectivity index (χ2v) is 6.04. The number of hydrogen-bond acceptors (Lipinski definition) is 5. The summed E-state index contributed by atoms with van der Waals surface area (Å²) in [5.74, 6) is -0.0592. The fraction of sp³-hybridized carbons (Fsp3) is 0.412. The lowest BCUT2D eigenvalue weighted by atomic mass is 9.98. The van der Waals surface area contributed by atoms with Gasteiger partial charge in [-0.2, -0.15) is 4.98 Å². The van der Waals surface area contributed by atoms with E-state index < -0.39 is 11.8 Å². The Morgan fingerprint density at radius 1 is 1.29 bits per heavy atom. The Morgan fingerprint density at radius 2 is 2.08 bits per heavy atom. The molecule has 7 heteroatoms. The van der Waals surface area contributed by atoms with Crippen LogP contribution in [0, 0.1) is 13.8 Å². The minimum absolute atomic E-state index is 0.0184. The van der Waals surface area contributed by atoms with E-state index in [0.29, 0.717) is 30.5 Å². The Labute approximate surface area is 140 Å². The van der Waals surface area contributed by atoms with Crippen LogP contribution in [0.4, 0.5) is 5.69 Å². The lowest BCUT2D eigenvalue weighted by Crippen LogP contribution is -2.44. The van der Waals surface area contributed by atoms with Gasteiger partial charge in [-0.25, -0.2) is 0 Å². The smallest absolute Gasteiger partial charge is 0.313 e. The average molecular weight is 328 g/mol. The van der Waals surface area contributed by atoms with E-state index in [0.717, 1.165) is 18.4 Å². The summed E-state index contributed by atoms with van der Waals surface area (Å²) in [5, 5.41) is 6.48. The number of nitrogens with one attached hydrogen (secondary N) is 1. The van der Waals surface area contributed by atoms with Crippen LogP contribution in [0.1, 0.15) is 36.0 Å². The Hall–Kier alpha value is -2.70. The van der Waals surface area contributed by atoms with Crippen LogP contribution < -0.4 is 5.32 Å². The third-order valence-corrected chi connectivity index (χ3v) is 4.19. The van der Waals surface area contributed by atoms with Crippen molar-refractivity contribution in [3.63, 3.8) is 0 Å². The molecule has 0 aliphatic carbocycles. The van der Waals surface area contributed by atoms with Crippen molar-refractivity contribution >= 4 is 17.5 Å². The van der Waals surface area contributed by atoms with Crippen LogP contribution in [0.15, 0.2) is 28.8 Å². The van der Waals surface area contributed by atoms with E-state index in [4.69, 9.17) is 4.52 Å². The fourth-order valence-electron chi connectivity index (χ4n) is 2.87. The van der Waals surface area contributed by atoms with Gasteiger partial charge in [0.2, 0.25) is 5.89 Å². The molecule has 0 bridgehead atoms. The summed E-state index contributed by atoms with van der Waals surface area (Å²) < 4.78 is 5.20. The van der Waals surface area contributed by atoms with Crippen molar-refractivity contribution in [2.24, 2.45) is 0 Å². The maximum Gasteiger partial charge on any atom is 0.313 e. The molecular weight excluding hydrogens is 308 g/mol. The van der Waals surface area contributed by atoms with Gasteiger partial charge in [-0.15, -0.1) is 0 Å². The van der Waals surface area contributed by atoms with Gasteiger partial charge >= 0.3 is 11.8 Å². The van der Waals surface area contributed by atoms with Crippen molar-refractivity contribution in [3.8, 4) is 0 Å². The van der Waals surface area contributed by atoms with Crippen LogP contribution >= 0.6 is 0 Å². The molecule has 2 amide bonds. The van der Waals surface area contributed by atoms with Gasteiger partial charge in [0.15, 0.2) is 5.82 Å². The van der Waals surface area contributed by atoms with Gasteiger partial charge in [0.05, 0.1) is 5.92 Å². The summed E-state index contributed by atoms with van der Waals surface area (Å²) in [4.78, 5) is 30.5. The number of carbonyl (C=O) groups is 2. The SMILES string of the molecule is Cc1noc([C@@H]2CCCN(C(=O)C(=O)Nc3ccccc3C)C2)n1. The predicted octanol–water partition coefficient (Wildman–Crippen LogP) is 2.03. The summed E-state index contributed by atoms with van der Waals surface area (Å²) in [6.07, 6.45) is 1.67. The van der Waals surface area contributed by atoms with E-state index in [9.17, 15) is 9.59 Å². The van der Waals surface area contributed by atoms with E-state index in [1.165, 1.54) is 0 Å². The number of nitrogens with zero attached hydrogens (tertiary/aromatic N) is 3. The first-order chi connectivity index (χ1) is 11.5. The van der Waals surface area contributed by atoms with Crippen LogP contribution in [0.25, 0.3) is 0 Å². The number of carbonyl (C=O) groups excluding carboxylic acids is 2. The van der Waals surface area contributed by atoms with Crippen molar-refractivity contribution in [1.29, 1.82) is 0 Å². The molecule has 24 heavy (non-hydrogen) atoms. The summed E-state index contributed by atoms with van der Waals surface area (Å²) in [6.45, 7) is 4.62. The van der Waals surface area contributed by atoms with Gasteiger partial charge in [0.1, 0.15) is 0 Å². The van der Waals surface area contributed by atoms with Crippen LogP contribution in [0.2, 0.25) is 0 Å². The van der Waals surface area contributed by atoms with Crippen molar-refractivity contribution in [2.75, 3.05) is 18.4 Å². The zero-order valence-corrected chi connectivity index (χ0v) is 13.8. The number of anilines is 1. The number of likely N-dealkylation sites (tertiary alicyclic amines) is 1. The lowest BCUT2D eigenvalue weighted by molar-refractivity contribution is -0.144. The molecule has 0 unspecified atom stereocenters. The largest absolute Gasteiger partial charge is 0.339 e. The monoisotopic (exact) mass is 328 g/mol. The average Bonchev–Trinajstić information content (AvgIpc) is 3.03. The highest BCUT2D eigenvalue weighted by molar-refractivity contribution is 6.39. The molecule has 1 fully saturated rings. The Morgan fingerprint density at radius 3 is 2.79 bits per heavy atom. The van der Waals surface area contributed by atoms with Crippen molar-refractivity contribution in [3.05, 3.63) is 41.5 Å². The second kappa shape index (κ2) is 6.82. The Balaban J connectivity index is 1.65. The Kier molecular flexibility index (Phi) is 4.59. The maximum atomic E-state index is 12.4. The van der Waals surface area contributed by atoms with Gasteiger partial charge in [-0.1, -0.05) is 23.4 Å². The number of benzene rings is 1. The number of hydrogen-bond donors (Lipinski definition) is 1. The molecule has 1 N–H and O–H groups in total. The lowest BCUT2D eigenvalue weighted by Gasteiger charge is -2.30. The third-order valence-electron chi connectivity index (χ3n) is 4.19. The van der Waals surface area contributed by atoms with Crippen LogP contribution in [0.3, 0.4) is 0 Å². The molecule has 0 radical (unpaired) electrons.